The van der Waals surface area contributed by atoms with Crippen molar-refractivity contribution in [1.82, 2.24) is 4.90 Å². The maximum atomic E-state index is 12.8. The molecule has 0 aromatic carbocycles. The lowest BCUT2D eigenvalue weighted by Crippen LogP contribution is -2.78. The minimum absolute atomic E-state index is 0.0411. The summed E-state index contributed by atoms with van der Waals surface area (Å²) in [4.78, 5) is 14.6. The molecule has 5 saturated carbocycles. The monoisotopic (exact) mass is 495 g/mol. The first-order chi connectivity index (χ1) is 16.7. The van der Waals surface area contributed by atoms with Gasteiger partial charge in [-0.15, -0.1) is 0 Å². The number of fused-ring (bicyclic) bond motifs is 2. The summed E-state index contributed by atoms with van der Waals surface area (Å²) in [5, 5.41) is 36.3. The number of aliphatic hydroxyl groups excluding tert-OH is 2. The van der Waals surface area contributed by atoms with E-state index in [1.54, 1.807) is 21.3 Å². The van der Waals surface area contributed by atoms with Gasteiger partial charge in [0.1, 0.15) is 6.10 Å². The number of nitrogens with zero attached hydrogens (tertiary/aromatic N) is 1. The van der Waals surface area contributed by atoms with Crippen molar-refractivity contribution in [1.29, 1.82) is 0 Å². The Labute approximate surface area is 207 Å². The third-order valence-electron chi connectivity index (χ3n) is 11.5. The van der Waals surface area contributed by atoms with Crippen LogP contribution in [0, 0.1) is 40.4 Å². The molecule has 35 heavy (non-hydrogen) atoms. The molecule has 5 aliphatic carbocycles. The van der Waals surface area contributed by atoms with Crippen LogP contribution >= 0.6 is 0 Å². The summed E-state index contributed by atoms with van der Waals surface area (Å²) in [5.74, 6) is -1.31. The average Bonchev–Trinajstić information content (AvgIpc) is 3.24. The molecular weight excluding hydrogens is 454 g/mol. The minimum Gasteiger partial charge on any atom is -0.462 e. The largest absolute Gasteiger partial charge is 0.462 e. The van der Waals surface area contributed by atoms with Crippen molar-refractivity contribution in [2.45, 2.75) is 75.3 Å². The van der Waals surface area contributed by atoms with Crippen LogP contribution in [0.3, 0.4) is 0 Å². The Bertz CT molecular complexity index is 887. The molecule has 9 nitrogen and oxygen atoms in total. The van der Waals surface area contributed by atoms with Crippen LogP contribution in [-0.2, 0) is 23.7 Å². The van der Waals surface area contributed by atoms with E-state index < -0.39 is 34.7 Å². The van der Waals surface area contributed by atoms with Gasteiger partial charge in [-0.1, -0.05) is 6.92 Å². The van der Waals surface area contributed by atoms with Crippen molar-refractivity contribution in [3.63, 3.8) is 0 Å². The third-order valence-corrected chi connectivity index (χ3v) is 11.5. The lowest BCUT2D eigenvalue weighted by Gasteiger charge is -2.69. The molecule has 3 N–H and O–H groups in total. The molecular formula is C26H41NO8. The van der Waals surface area contributed by atoms with Gasteiger partial charge >= 0.3 is 5.97 Å². The van der Waals surface area contributed by atoms with Crippen LogP contribution in [0.5, 0.6) is 0 Å². The molecule has 14 atom stereocenters. The van der Waals surface area contributed by atoms with Gasteiger partial charge in [0.2, 0.25) is 0 Å². The number of rotatable bonds is 6. The number of likely N-dealkylation sites (tertiary alicyclic amines) is 1. The second-order valence-electron chi connectivity index (χ2n) is 12.2. The van der Waals surface area contributed by atoms with Crippen molar-refractivity contribution in [3.05, 3.63) is 0 Å². The van der Waals surface area contributed by atoms with Gasteiger partial charge in [-0.25, -0.2) is 0 Å². The Balaban J connectivity index is 1.62. The number of hydrogen-bond acceptors (Lipinski definition) is 9. The Morgan fingerprint density at radius 3 is 2.40 bits per heavy atom. The summed E-state index contributed by atoms with van der Waals surface area (Å²) in [5.41, 5.74) is -2.42. The third kappa shape index (κ3) is 2.61. The van der Waals surface area contributed by atoms with Gasteiger partial charge in [0.15, 0.2) is 0 Å². The molecule has 0 unspecified atom stereocenters. The van der Waals surface area contributed by atoms with Crippen LogP contribution in [0.25, 0.3) is 0 Å². The number of piperidine rings is 1. The van der Waals surface area contributed by atoms with E-state index in [0.29, 0.717) is 26.0 Å². The normalized spacial score (nSPS) is 57.9. The molecule has 1 heterocycles. The molecule has 0 radical (unpaired) electrons. The van der Waals surface area contributed by atoms with Gasteiger partial charge in [0.05, 0.1) is 36.6 Å². The molecule has 6 fully saturated rings. The highest BCUT2D eigenvalue weighted by Crippen LogP contribution is 2.79. The first kappa shape index (κ1) is 24.5. The van der Waals surface area contributed by atoms with Gasteiger partial charge in [0, 0.05) is 88.2 Å². The van der Waals surface area contributed by atoms with E-state index in [0.717, 1.165) is 6.54 Å². The summed E-state index contributed by atoms with van der Waals surface area (Å²) in [7, 11) is 5.01. The van der Waals surface area contributed by atoms with Crippen LogP contribution in [0.15, 0.2) is 0 Å². The highest BCUT2D eigenvalue weighted by atomic mass is 16.5. The molecule has 6 aliphatic rings. The lowest BCUT2D eigenvalue weighted by atomic mass is 9.42. The maximum Gasteiger partial charge on any atom is 0.302 e. The minimum atomic E-state index is -1.19. The number of esters is 1. The lowest BCUT2D eigenvalue weighted by molar-refractivity contribution is -0.292. The van der Waals surface area contributed by atoms with E-state index in [2.05, 4.69) is 11.8 Å². The van der Waals surface area contributed by atoms with Crippen LogP contribution in [0.4, 0.5) is 0 Å². The van der Waals surface area contributed by atoms with Gasteiger partial charge in [-0.3, -0.25) is 9.69 Å². The molecule has 0 aromatic heterocycles. The zero-order valence-corrected chi connectivity index (χ0v) is 21.4. The highest BCUT2D eigenvalue weighted by molar-refractivity contribution is 5.66. The molecule has 7 bridgehead atoms. The molecule has 1 aliphatic heterocycles. The summed E-state index contributed by atoms with van der Waals surface area (Å²) < 4.78 is 23.9. The Kier molecular flexibility index (Phi) is 5.50. The second-order valence-corrected chi connectivity index (χ2v) is 12.2. The Morgan fingerprint density at radius 1 is 1.06 bits per heavy atom. The molecule has 9 heteroatoms. The molecule has 198 valence electrons. The fourth-order valence-electron chi connectivity index (χ4n) is 11.0. The molecule has 0 aromatic rings. The smallest absolute Gasteiger partial charge is 0.302 e. The second kappa shape index (κ2) is 7.85. The molecule has 1 spiro atoms. The van der Waals surface area contributed by atoms with E-state index in [1.165, 1.54) is 6.92 Å². The van der Waals surface area contributed by atoms with E-state index in [9.17, 15) is 20.1 Å². The number of aliphatic hydroxyl groups is 3. The first-order valence-electron chi connectivity index (χ1n) is 13.2. The maximum absolute atomic E-state index is 12.8. The van der Waals surface area contributed by atoms with Gasteiger partial charge in [-0.05, 0) is 18.9 Å². The summed E-state index contributed by atoms with van der Waals surface area (Å²) in [6.45, 7) is 5.25. The van der Waals surface area contributed by atoms with E-state index >= 15 is 0 Å². The quantitative estimate of drug-likeness (QED) is 0.439. The number of methoxy groups -OCH3 is 3. The number of carbonyl (C=O) groups excluding carboxylic acids is 1. The van der Waals surface area contributed by atoms with E-state index in [1.807, 2.05) is 0 Å². The highest BCUT2D eigenvalue weighted by Gasteiger charge is 2.87. The van der Waals surface area contributed by atoms with Crippen LogP contribution < -0.4 is 0 Å². The van der Waals surface area contributed by atoms with E-state index in [-0.39, 0.29) is 60.2 Å². The van der Waals surface area contributed by atoms with Crippen molar-refractivity contribution in [2.24, 2.45) is 40.4 Å². The zero-order valence-electron chi connectivity index (χ0n) is 21.4. The zero-order chi connectivity index (χ0) is 25.1. The van der Waals surface area contributed by atoms with Crippen molar-refractivity contribution in [3.8, 4) is 0 Å². The molecule has 0 amide bonds. The average molecular weight is 496 g/mol. The van der Waals surface area contributed by atoms with E-state index in [4.69, 9.17) is 18.9 Å². The fraction of sp³-hybridized carbons (Fsp3) is 0.962. The molecule has 6 rings (SSSR count). The first-order valence-corrected chi connectivity index (χ1v) is 13.2. The Morgan fingerprint density at radius 2 is 1.80 bits per heavy atom. The van der Waals surface area contributed by atoms with Crippen LogP contribution in [0.1, 0.15) is 33.1 Å². The molecule has 1 saturated heterocycles. The number of carbonyl (C=O) groups is 1. The summed E-state index contributed by atoms with van der Waals surface area (Å²) in [6, 6.07) is -0.103. The van der Waals surface area contributed by atoms with Crippen LogP contribution in [0.2, 0.25) is 0 Å². The predicted molar refractivity (Wildman–Crippen MR) is 123 cm³/mol. The Hall–Kier alpha value is -0.810. The predicted octanol–water partition coefficient (Wildman–Crippen LogP) is 0.0436. The SMILES string of the molecule is CCN1C[C@]2(COC)[C@H](O)C[C@H](O)[C@@]34[C@@H]2[C@@H](OC)[C@@H]([C@@H]13)[C@@]1(O)C[C@H](OC)[C@@H]2C[C@H]4[C@H]1[C@H]2OC(C)=O. The van der Waals surface area contributed by atoms with Gasteiger partial charge in [0.25, 0.3) is 0 Å². The van der Waals surface area contributed by atoms with Crippen molar-refractivity contribution in [2.75, 3.05) is 41.0 Å². The van der Waals surface area contributed by atoms with Crippen molar-refractivity contribution < 1.29 is 39.1 Å². The topological polar surface area (TPSA) is 118 Å². The van der Waals surface area contributed by atoms with Gasteiger partial charge in [-0.2, -0.15) is 0 Å². The number of hydrogen-bond donors (Lipinski definition) is 3. The van der Waals surface area contributed by atoms with Crippen LogP contribution in [-0.4, -0.2) is 109 Å². The number of ether oxygens (including phenoxy) is 4. The van der Waals surface area contributed by atoms with Crippen molar-refractivity contribution >= 4 is 5.97 Å². The standard InChI is InChI=1S/C26H41NO8/c1-6-27-10-24(11-32-3)16(29)8-17(30)26-14-7-13-15(33-4)9-25(31,18(14)20(13)35-12(2)28)19(23(26)27)21(34-5)22(24)26/h13-23,29-31H,6-11H2,1-5H3/t13-,14-,15-,16+,17-,18-,19-,20-,21-,22+,23+,24-,25+,26-/m0/s1. The summed E-state index contributed by atoms with van der Waals surface area (Å²) in [6.07, 6.45) is -1.18. The summed E-state index contributed by atoms with van der Waals surface area (Å²) >= 11 is 0. The fourth-order valence-corrected chi connectivity index (χ4v) is 11.0. The van der Waals surface area contributed by atoms with Gasteiger partial charge < -0.3 is 34.3 Å².